The molecule has 0 spiro atoms. The van der Waals surface area contributed by atoms with Crippen LogP contribution < -0.4 is 0 Å². The van der Waals surface area contributed by atoms with Crippen molar-refractivity contribution in [3.63, 3.8) is 0 Å². The first kappa shape index (κ1) is 7.16. The highest BCUT2D eigenvalue weighted by atomic mass is 32.1. The van der Waals surface area contributed by atoms with E-state index in [0.717, 1.165) is 5.37 Å². The molecular weight excluding hydrogens is 130 g/mol. The second-order valence-electron chi connectivity index (χ2n) is 0.909. The Morgan fingerprint density at radius 1 is 1.88 bits per heavy atom. The second-order valence-corrected chi connectivity index (χ2v) is 1.24. The maximum atomic E-state index is 10.0. The molecule has 0 bridgehead atoms. The SMILES string of the molecule is O=NOC(=O)CC=S. The van der Waals surface area contributed by atoms with E-state index >= 15 is 0 Å². The highest BCUT2D eigenvalue weighted by molar-refractivity contribution is 7.79. The Morgan fingerprint density at radius 2 is 2.50 bits per heavy atom. The van der Waals surface area contributed by atoms with Crippen LogP contribution in [0, 0.1) is 4.91 Å². The molecule has 0 fully saturated rings. The van der Waals surface area contributed by atoms with Gasteiger partial charge in [-0.15, -0.1) is 4.91 Å². The molecule has 0 aromatic carbocycles. The molecule has 0 heterocycles. The number of carbonyl (C=O) groups is 1. The first-order valence-corrected chi connectivity index (χ1v) is 2.24. The highest BCUT2D eigenvalue weighted by Gasteiger charge is 1.96. The van der Waals surface area contributed by atoms with E-state index in [1.165, 1.54) is 0 Å². The average molecular weight is 133 g/mol. The third-order valence-electron chi connectivity index (χ3n) is 0.389. The minimum Gasteiger partial charge on any atom is -0.284 e. The number of hydrogen-bond acceptors (Lipinski definition) is 5. The smallest absolute Gasteiger partial charge is 0.284 e. The summed E-state index contributed by atoms with van der Waals surface area (Å²) in [6.45, 7) is 0. The molecule has 0 radical (unpaired) electrons. The summed E-state index contributed by atoms with van der Waals surface area (Å²) in [7, 11) is 0. The standard InChI is InChI=1S/C3H3NO3S/c5-3(1-2-8)7-4-6/h2H,1H2. The molecule has 4 nitrogen and oxygen atoms in total. The first-order chi connectivity index (χ1) is 3.81. The fourth-order valence-corrected chi connectivity index (χ4v) is 0.283. The van der Waals surface area contributed by atoms with Crippen molar-refractivity contribution in [1.82, 2.24) is 0 Å². The van der Waals surface area contributed by atoms with Gasteiger partial charge in [-0.2, -0.15) is 0 Å². The van der Waals surface area contributed by atoms with Gasteiger partial charge in [-0.05, 0) is 5.37 Å². The molecule has 0 N–H and O–H groups in total. The summed E-state index contributed by atoms with van der Waals surface area (Å²) in [6, 6.07) is 0. The van der Waals surface area contributed by atoms with E-state index < -0.39 is 5.97 Å². The Labute approximate surface area is 50.8 Å². The second kappa shape index (κ2) is 4.32. The van der Waals surface area contributed by atoms with Crippen molar-refractivity contribution >= 4 is 23.6 Å². The molecule has 0 atom stereocenters. The van der Waals surface area contributed by atoms with Crippen molar-refractivity contribution in [2.75, 3.05) is 0 Å². The van der Waals surface area contributed by atoms with Gasteiger partial charge in [0.25, 0.3) is 0 Å². The van der Waals surface area contributed by atoms with Gasteiger partial charge < -0.3 is 0 Å². The molecular formula is C3H3NO3S. The number of rotatable bonds is 3. The summed E-state index contributed by atoms with van der Waals surface area (Å²) >= 11 is 4.27. The molecule has 0 aliphatic heterocycles. The van der Waals surface area contributed by atoms with Crippen molar-refractivity contribution in [1.29, 1.82) is 0 Å². The van der Waals surface area contributed by atoms with Crippen LogP contribution in [-0.2, 0) is 9.63 Å². The Hall–Kier alpha value is -0.840. The molecule has 0 rings (SSSR count). The molecule has 0 saturated heterocycles. The number of carbonyl (C=O) groups excluding carboxylic acids is 1. The van der Waals surface area contributed by atoms with E-state index in [0.29, 0.717) is 0 Å². The predicted molar refractivity (Wildman–Crippen MR) is 30.2 cm³/mol. The molecule has 44 valence electrons. The van der Waals surface area contributed by atoms with Gasteiger partial charge in [-0.25, -0.2) is 4.79 Å². The van der Waals surface area contributed by atoms with Crippen molar-refractivity contribution in [2.24, 2.45) is 5.34 Å². The van der Waals surface area contributed by atoms with Crippen LogP contribution in [0.2, 0.25) is 0 Å². The van der Waals surface area contributed by atoms with Gasteiger partial charge in [0.05, 0.1) is 6.42 Å². The van der Waals surface area contributed by atoms with Crippen LogP contribution in [0.3, 0.4) is 0 Å². The van der Waals surface area contributed by atoms with Crippen LogP contribution in [0.4, 0.5) is 0 Å². The van der Waals surface area contributed by atoms with E-state index in [4.69, 9.17) is 4.91 Å². The molecule has 0 aliphatic rings. The van der Waals surface area contributed by atoms with Crippen molar-refractivity contribution in [3.8, 4) is 0 Å². The lowest BCUT2D eigenvalue weighted by Gasteiger charge is -1.82. The van der Waals surface area contributed by atoms with Crippen molar-refractivity contribution in [2.45, 2.75) is 6.42 Å². The lowest BCUT2D eigenvalue weighted by atomic mass is 10.5. The summed E-state index contributed by atoms with van der Waals surface area (Å²) in [4.78, 5) is 22.8. The molecule has 8 heavy (non-hydrogen) atoms. The molecule has 0 unspecified atom stereocenters. The van der Waals surface area contributed by atoms with Gasteiger partial charge in [0.15, 0.2) is 5.34 Å². The van der Waals surface area contributed by atoms with Gasteiger partial charge in [0.2, 0.25) is 0 Å². The molecule has 5 heteroatoms. The van der Waals surface area contributed by atoms with Crippen LogP contribution in [-0.4, -0.2) is 11.3 Å². The van der Waals surface area contributed by atoms with Gasteiger partial charge in [0, 0.05) is 0 Å². The monoisotopic (exact) mass is 133 g/mol. The molecule has 0 aliphatic carbocycles. The lowest BCUT2D eigenvalue weighted by molar-refractivity contribution is -0.142. The average Bonchev–Trinajstić information content (AvgIpc) is 1.68. The first-order valence-electron chi connectivity index (χ1n) is 1.77. The van der Waals surface area contributed by atoms with Gasteiger partial charge in [0.1, 0.15) is 0 Å². The zero-order chi connectivity index (χ0) is 6.41. The molecule has 0 aromatic heterocycles. The fraction of sp³-hybridized carbons (Fsp3) is 0.333. The zero-order valence-electron chi connectivity index (χ0n) is 3.86. The largest absolute Gasteiger partial charge is 0.343 e. The van der Waals surface area contributed by atoms with Gasteiger partial charge in [-0.3, -0.25) is 4.84 Å². The summed E-state index contributed by atoms with van der Waals surface area (Å²) in [5.41, 5.74) is 0. The van der Waals surface area contributed by atoms with Crippen LogP contribution in [0.5, 0.6) is 0 Å². The summed E-state index contributed by atoms with van der Waals surface area (Å²) < 4.78 is 0. The van der Waals surface area contributed by atoms with Crippen molar-refractivity contribution in [3.05, 3.63) is 4.91 Å². The van der Waals surface area contributed by atoms with Gasteiger partial charge >= 0.3 is 5.97 Å². The third-order valence-corrected chi connectivity index (χ3v) is 0.556. The Bertz CT molecular complexity index is 101. The van der Waals surface area contributed by atoms with E-state index in [1.54, 1.807) is 0 Å². The van der Waals surface area contributed by atoms with Crippen LogP contribution in [0.1, 0.15) is 6.42 Å². The zero-order valence-corrected chi connectivity index (χ0v) is 4.68. The predicted octanol–water partition coefficient (Wildman–Crippen LogP) is 0.601. The quantitative estimate of drug-likeness (QED) is 0.321. The fourth-order valence-electron chi connectivity index (χ4n) is 0.147. The maximum absolute atomic E-state index is 10.0. The summed E-state index contributed by atoms with van der Waals surface area (Å²) in [5, 5.41) is 3.05. The summed E-state index contributed by atoms with van der Waals surface area (Å²) in [5.74, 6) is -0.727. The minimum absolute atomic E-state index is 0.0545. The van der Waals surface area contributed by atoms with E-state index in [9.17, 15) is 4.79 Å². The van der Waals surface area contributed by atoms with Crippen molar-refractivity contribution < 1.29 is 9.63 Å². The topological polar surface area (TPSA) is 55.7 Å². The molecule has 0 amide bonds. The Kier molecular flexibility index (Phi) is 3.87. The van der Waals surface area contributed by atoms with Crippen LogP contribution in [0.25, 0.3) is 0 Å². The summed E-state index contributed by atoms with van der Waals surface area (Å²) in [6.07, 6.45) is -0.0545. The normalized spacial score (nSPS) is 7.50. The van der Waals surface area contributed by atoms with Gasteiger partial charge in [-0.1, -0.05) is 12.2 Å². The lowest BCUT2D eigenvalue weighted by Crippen LogP contribution is -1.97. The third kappa shape index (κ3) is 3.35. The van der Waals surface area contributed by atoms with Crippen LogP contribution in [0.15, 0.2) is 5.34 Å². The number of thiocarbonyl (C=S) groups is 1. The number of hydrogen-bond donors (Lipinski definition) is 0. The van der Waals surface area contributed by atoms with E-state index in [1.807, 2.05) is 5.34 Å². The van der Waals surface area contributed by atoms with E-state index in [-0.39, 0.29) is 6.42 Å². The van der Waals surface area contributed by atoms with E-state index in [2.05, 4.69) is 17.1 Å². The molecule has 0 saturated carbocycles. The Balaban J connectivity index is 3.32. The van der Waals surface area contributed by atoms with Crippen LogP contribution >= 0.6 is 12.2 Å². The number of nitrogens with zero attached hydrogens (tertiary/aromatic N) is 1. The highest BCUT2D eigenvalue weighted by Crippen LogP contribution is 1.81. The molecule has 0 aromatic rings. The maximum Gasteiger partial charge on any atom is 0.343 e. The minimum atomic E-state index is -0.727. The Morgan fingerprint density at radius 3 is 2.88 bits per heavy atom.